The third-order valence-electron chi connectivity index (χ3n) is 8.21. The summed E-state index contributed by atoms with van der Waals surface area (Å²) in [6.45, 7) is 1.21. The molecule has 1 saturated heterocycles. The summed E-state index contributed by atoms with van der Waals surface area (Å²) in [7, 11) is 0. The molecular formula is C23H28N2O2. The van der Waals surface area contributed by atoms with Crippen molar-refractivity contribution in [3.8, 4) is 6.07 Å². The Hall–Kier alpha value is -1.86. The number of aliphatic hydroxyl groups excluding tert-OH is 1. The zero-order valence-corrected chi connectivity index (χ0v) is 15.8. The van der Waals surface area contributed by atoms with Crippen LogP contribution in [0.3, 0.4) is 0 Å². The van der Waals surface area contributed by atoms with Crippen molar-refractivity contribution in [2.24, 2.45) is 35.0 Å². The molecule has 5 fully saturated rings. The molecule has 4 nitrogen and oxygen atoms in total. The normalized spacial score (nSPS) is 39.9. The van der Waals surface area contributed by atoms with Gasteiger partial charge in [-0.3, -0.25) is 4.79 Å². The van der Waals surface area contributed by atoms with Crippen LogP contribution in [0.5, 0.6) is 0 Å². The molecule has 1 aromatic rings. The SMILES string of the molecule is N#CC1CN(C(=O)CC2(Cc3ccccc3)C3CC4CC2CC(C3)C4O)C1. The first kappa shape index (κ1) is 17.3. The smallest absolute Gasteiger partial charge is 0.223 e. The van der Waals surface area contributed by atoms with Crippen LogP contribution in [0.4, 0.5) is 0 Å². The van der Waals surface area contributed by atoms with Crippen molar-refractivity contribution in [1.29, 1.82) is 5.26 Å². The van der Waals surface area contributed by atoms with Gasteiger partial charge in [0.1, 0.15) is 0 Å². The number of likely N-dealkylation sites (tertiary alicyclic amines) is 1. The summed E-state index contributed by atoms with van der Waals surface area (Å²) < 4.78 is 0. The van der Waals surface area contributed by atoms with Gasteiger partial charge in [0.25, 0.3) is 0 Å². The lowest BCUT2D eigenvalue weighted by atomic mass is 9.42. The van der Waals surface area contributed by atoms with E-state index in [9.17, 15) is 9.90 Å². The molecule has 0 spiro atoms. The summed E-state index contributed by atoms with van der Waals surface area (Å²) in [5.74, 6) is 2.23. The van der Waals surface area contributed by atoms with Crippen LogP contribution < -0.4 is 0 Å². The van der Waals surface area contributed by atoms with E-state index in [1.165, 1.54) is 5.56 Å². The molecule has 1 aliphatic heterocycles. The molecule has 4 aliphatic carbocycles. The highest BCUT2D eigenvalue weighted by molar-refractivity contribution is 5.78. The molecule has 4 heteroatoms. The zero-order valence-electron chi connectivity index (χ0n) is 15.8. The van der Waals surface area contributed by atoms with Crippen molar-refractivity contribution in [2.75, 3.05) is 13.1 Å². The maximum Gasteiger partial charge on any atom is 0.223 e. The largest absolute Gasteiger partial charge is 0.393 e. The molecule has 0 atom stereocenters. The van der Waals surface area contributed by atoms with E-state index in [1.807, 2.05) is 4.90 Å². The van der Waals surface area contributed by atoms with Crippen molar-refractivity contribution in [3.63, 3.8) is 0 Å². The van der Waals surface area contributed by atoms with Crippen molar-refractivity contribution in [2.45, 2.75) is 44.6 Å². The lowest BCUT2D eigenvalue weighted by Crippen LogP contribution is -2.60. The molecule has 1 heterocycles. The molecule has 4 bridgehead atoms. The Morgan fingerprint density at radius 2 is 1.70 bits per heavy atom. The monoisotopic (exact) mass is 364 g/mol. The summed E-state index contributed by atoms with van der Waals surface area (Å²) >= 11 is 0. The van der Waals surface area contributed by atoms with Crippen molar-refractivity contribution < 1.29 is 9.90 Å². The van der Waals surface area contributed by atoms with E-state index in [0.29, 0.717) is 43.2 Å². The van der Waals surface area contributed by atoms with Gasteiger partial charge in [0.2, 0.25) is 5.91 Å². The molecule has 1 amide bonds. The van der Waals surface area contributed by atoms with Gasteiger partial charge in [-0.05, 0) is 66.8 Å². The van der Waals surface area contributed by atoms with Gasteiger partial charge >= 0.3 is 0 Å². The van der Waals surface area contributed by atoms with Crippen LogP contribution in [0.1, 0.15) is 37.7 Å². The van der Waals surface area contributed by atoms with Gasteiger partial charge in [-0.1, -0.05) is 30.3 Å². The summed E-state index contributed by atoms with van der Waals surface area (Å²) in [6, 6.07) is 12.9. The molecule has 5 aliphatic rings. The Kier molecular flexibility index (Phi) is 4.05. The minimum Gasteiger partial charge on any atom is -0.393 e. The quantitative estimate of drug-likeness (QED) is 0.893. The Morgan fingerprint density at radius 1 is 1.11 bits per heavy atom. The Morgan fingerprint density at radius 3 is 2.26 bits per heavy atom. The second-order valence-electron chi connectivity index (χ2n) is 9.54. The molecule has 6 rings (SSSR count). The number of amides is 1. The molecule has 1 aromatic carbocycles. The van der Waals surface area contributed by atoms with Crippen LogP contribution >= 0.6 is 0 Å². The van der Waals surface area contributed by atoms with E-state index >= 15 is 0 Å². The maximum absolute atomic E-state index is 13.1. The van der Waals surface area contributed by atoms with Crippen LogP contribution in [-0.2, 0) is 11.2 Å². The Labute approximate surface area is 161 Å². The third-order valence-corrected chi connectivity index (χ3v) is 8.21. The van der Waals surface area contributed by atoms with Crippen LogP contribution in [0.25, 0.3) is 0 Å². The van der Waals surface area contributed by atoms with Gasteiger partial charge in [-0.2, -0.15) is 5.26 Å². The van der Waals surface area contributed by atoms with Crippen LogP contribution in [0.2, 0.25) is 0 Å². The van der Waals surface area contributed by atoms with Crippen LogP contribution in [0, 0.1) is 46.3 Å². The summed E-state index contributed by atoms with van der Waals surface area (Å²) in [5, 5.41) is 19.6. The van der Waals surface area contributed by atoms with E-state index in [1.54, 1.807) is 0 Å². The summed E-state index contributed by atoms with van der Waals surface area (Å²) in [5.41, 5.74) is 1.36. The van der Waals surface area contributed by atoms with E-state index in [2.05, 4.69) is 36.4 Å². The van der Waals surface area contributed by atoms with Gasteiger partial charge in [-0.15, -0.1) is 0 Å². The second-order valence-corrected chi connectivity index (χ2v) is 9.54. The second kappa shape index (κ2) is 6.34. The first-order valence-corrected chi connectivity index (χ1v) is 10.5. The number of aliphatic hydroxyl groups is 1. The predicted octanol–water partition coefficient (Wildman–Crippen LogP) is 3.01. The summed E-state index contributed by atoms with van der Waals surface area (Å²) in [6.07, 6.45) is 5.79. The van der Waals surface area contributed by atoms with Gasteiger partial charge in [0.15, 0.2) is 0 Å². The average Bonchev–Trinajstić information content (AvgIpc) is 2.60. The molecule has 4 saturated carbocycles. The lowest BCUT2D eigenvalue weighted by molar-refractivity contribution is -0.177. The average molecular weight is 364 g/mol. The molecule has 1 N–H and O–H groups in total. The fraction of sp³-hybridized carbons (Fsp3) is 0.652. The van der Waals surface area contributed by atoms with Crippen molar-refractivity contribution in [3.05, 3.63) is 35.9 Å². The number of benzene rings is 1. The number of carbonyl (C=O) groups excluding carboxylic acids is 1. The fourth-order valence-electron chi connectivity index (χ4n) is 6.83. The fourth-order valence-corrected chi connectivity index (χ4v) is 6.83. The number of rotatable bonds is 4. The first-order valence-electron chi connectivity index (χ1n) is 10.5. The van der Waals surface area contributed by atoms with Gasteiger partial charge in [-0.25, -0.2) is 0 Å². The number of nitrogens with zero attached hydrogens (tertiary/aromatic N) is 2. The highest BCUT2D eigenvalue weighted by atomic mass is 16.3. The summed E-state index contributed by atoms with van der Waals surface area (Å²) in [4.78, 5) is 15.0. The number of hydrogen-bond donors (Lipinski definition) is 1. The maximum atomic E-state index is 13.1. The van der Waals surface area contributed by atoms with E-state index in [0.717, 1.165) is 32.1 Å². The van der Waals surface area contributed by atoms with E-state index in [-0.39, 0.29) is 23.3 Å². The molecular weight excluding hydrogens is 336 g/mol. The number of nitriles is 1. The zero-order chi connectivity index (χ0) is 18.6. The van der Waals surface area contributed by atoms with Gasteiger partial charge in [0, 0.05) is 19.5 Å². The lowest BCUT2D eigenvalue weighted by Gasteiger charge is -2.63. The van der Waals surface area contributed by atoms with Crippen LogP contribution in [0.15, 0.2) is 30.3 Å². The molecule has 0 unspecified atom stereocenters. The highest BCUT2D eigenvalue weighted by Crippen LogP contribution is 2.64. The minimum atomic E-state index is -0.116. The van der Waals surface area contributed by atoms with Crippen molar-refractivity contribution in [1.82, 2.24) is 4.90 Å². The Balaban J connectivity index is 1.43. The number of carbonyl (C=O) groups is 1. The minimum absolute atomic E-state index is 0.0210. The highest BCUT2D eigenvalue weighted by Gasteiger charge is 2.60. The first-order chi connectivity index (χ1) is 13.1. The predicted molar refractivity (Wildman–Crippen MR) is 101 cm³/mol. The van der Waals surface area contributed by atoms with E-state index < -0.39 is 0 Å². The third kappa shape index (κ3) is 2.70. The molecule has 0 radical (unpaired) electrons. The molecule has 142 valence electrons. The van der Waals surface area contributed by atoms with Gasteiger partial charge in [0.05, 0.1) is 18.1 Å². The topological polar surface area (TPSA) is 64.3 Å². The Bertz CT molecular complexity index is 732. The van der Waals surface area contributed by atoms with Crippen LogP contribution in [-0.4, -0.2) is 35.1 Å². The van der Waals surface area contributed by atoms with E-state index in [4.69, 9.17) is 5.26 Å². The van der Waals surface area contributed by atoms with Gasteiger partial charge < -0.3 is 10.0 Å². The molecule has 0 aromatic heterocycles. The van der Waals surface area contributed by atoms with Crippen molar-refractivity contribution >= 4 is 5.91 Å². The number of hydrogen-bond acceptors (Lipinski definition) is 3. The molecule has 27 heavy (non-hydrogen) atoms. The standard InChI is InChI=1S/C23H28N2O2/c24-12-16-13-25(14-16)21(26)11-23(10-15-4-2-1-3-5-15)19-6-17-7-20(23)9-18(8-19)22(17)27/h1-5,16-20,22,27H,6-11,13-14H2.